The van der Waals surface area contributed by atoms with Crippen molar-refractivity contribution in [2.24, 2.45) is 0 Å². The molecule has 26 heavy (non-hydrogen) atoms. The normalized spacial score (nSPS) is 20.7. The van der Waals surface area contributed by atoms with Gasteiger partial charge in [0.2, 0.25) is 5.91 Å². The van der Waals surface area contributed by atoms with Crippen molar-refractivity contribution in [1.29, 1.82) is 0 Å². The second-order valence-corrected chi connectivity index (χ2v) is 11.0. The Bertz CT molecular complexity index is 435. The molecular weight excluding hydrogens is 380 g/mol. The number of carbonyl (C=O) groups is 1. The van der Waals surface area contributed by atoms with Crippen LogP contribution in [-0.2, 0) is 9.36 Å². The molecule has 1 heterocycles. The molecule has 1 fully saturated rings. The van der Waals surface area contributed by atoms with Crippen LogP contribution >= 0.6 is 19.1 Å². The first-order valence-electron chi connectivity index (χ1n) is 9.72. The minimum Gasteiger partial charge on any atom is -0.393 e. The molecule has 0 aliphatic carbocycles. The molecule has 1 rings (SSSR count). The van der Waals surface area contributed by atoms with Gasteiger partial charge in [0.25, 0.3) is 0 Å². The van der Waals surface area contributed by atoms with E-state index < -0.39 is 7.37 Å². The third-order valence-electron chi connectivity index (χ3n) is 4.69. The summed E-state index contributed by atoms with van der Waals surface area (Å²) in [6.45, 7) is 4.23. The Hall–Kier alpha value is 0.970. The van der Waals surface area contributed by atoms with Gasteiger partial charge in [0, 0.05) is 48.9 Å². The molecule has 3 unspecified atom stereocenters. The van der Waals surface area contributed by atoms with E-state index >= 15 is 0 Å². The number of aliphatic hydroxyl groups is 1. The Kier molecular flexibility index (Phi) is 15.5. The zero-order chi connectivity index (χ0) is 18.7. The summed E-state index contributed by atoms with van der Waals surface area (Å²) < 4.78 is 11.2. The molecule has 1 aliphatic heterocycles. The first-order valence-corrected chi connectivity index (χ1v) is 13.1. The van der Waals surface area contributed by atoms with Gasteiger partial charge < -0.3 is 14.9 Å². The number of amides is 1. The molecule has 0 aromatic carbocycles. The van der Waals surface area contributed by atoms with E-state index in [9.17, 15) is 19.4 Å². The summed E-state index contributed by atoms with van der Waals surface area (Å²) >= 11 is 1.71. The number of hydrogen-bond donors (Lipinski definition) is 2. The van der Waals surface area contributed by atoms with Gasteiger partial charge in [0.1, 0.15) is 0 Å². The number of hydrogen-bond acceptors (Lipinski definition) is 4. The molecule has 0 aromatic heterocycles. The molecule has 1 amide bonds. The molecule has 1 radical (unpaired) electrons. The quantitative estimate of drug-likeness (QED) is 0.257. The van der Waals surface area contributed by atoms with E-state index in [-0.39, 0.29) is 46.9 Å². The molecule has 1 aliphatic rings. The SMILES string of the molecule is CCCCCC(O)CCN1C(=O)CSC1CCCCCCP(C)(=O)O.[Na]. The molecule has 0 spiro atoms. The Morgan fingerprint density at radius 3 is 2.54 bits per heavy atom. The molecule has 149 valence electrons. The van der Waals surface area contributed by atoms with E-state index in [2.05, 4.69) is 6.92 Å². The van der Waals surface area contributed by atoms with Crippen molar-refractivity contribution in [2.45, 2.75) is 82.6 Å². The fraction of sp³-hybridized carbons (Fsp3) is 0.944. The molecule has 0 aromatic rings. The van der Waals surface area contributed by atoms with Crippen LogP contribution in [0.1, 0.15) is 71.1 Å². The van der Waals surface area contributed by atoms with Crippen molar-refractivity contribution in [2.75, 3.05) is 25.1 Å². The van der Waals surface area contributed by atoms with Crippen LogP contribution in [0.4, 0.5) is 0 Å². The summed E-state index contributed by atoms with van der Waals surface area (Å²) in [4.78, 5) is 23.3. The van der Waals surface area contributed by atoms with Crippen molar-refractivity contribution in [3.05, 3.63) is 0 Å². The molecule has 3 atom stereocenters. The predicted molar refractivity (Wildman–Crippen MR) is 112 cm³/mol. The van der Waals surface area contributed by atoms with Gasteiger partial charge in [-0.1, -0.05) is 45.4 Å². The van der Waals surface area contributed by atoms with Crippen LogP contribution in [0.25, 0.3) is 0 Å². The van der Waals surface area contributed by atoms with Gasteiger partial charge in [-0.15, -0.1) is 11.8 Å². The molecule has 1 saturated heterocycles. The van der Waals surface area contributed by atoms with Crippen LogP contribution in [0.2, 0.25) is 0 Å². The van der Waals surface area contributed by atoms with Crippen LogP contribution in [0, 0.1) is 0 Å². The summed E-state index contributed by atoms with van der Waals surface area (Å²) in [5.74, 6) is 0.753. The van der Waals surface area contributed by atoms with Gasteiger partial charge in [-0.05, 0) is 25.7 Å². The zero-order valence-electron chi connectivity index (χ0n) is 16.9. The fourth-order valence-corrected chi connectivity index (χ4v) is 5.20. The molecule has 0 saturated carbocycles. The van der Waals surface area contributed by atoms with E-state index in [1.807, 2.05) is 4.90 Å². The van der Waals surface area contributed by atoms with Crippen LogP contribution in [0.15, 0.2) is 0 Å². The van der Waals surface area contributed by atoms with Crippen molar-refractivity contribution in [3.8, 4) is 0 Å². The smallest absolute Gasteiger partial charge is 0.233 e. The predicted octanol–water partition coefficient (Wildman–Crippen LogP) is 3.69. The number of rotatable bonds is 14. The van der Waals surface area contributed by atoms with E-state index in [0.717, 1.165) is 57.8 Å². The standard InChI is InChI=1S/C18H36NO4PS.Na/c1-3-4-7-10-16(20)12-13-19-17(21)15-25-18(19)11-8-5-6-9-14-24(2,22)23;/h16,18,20H,3-15H2,1-2H3,(H,22,23);. The van der Waals surface area contributed by atoms with Crippen LogP contribution in [0.3, 0.4) is 0 Å². The Morgan fingerprint density at radius 1 is 1.19 bits per heavy atom. The Labute approximate surface area is 185 Å². The van der Waals surface area contributed by atoms with Gasteiger partial charge in [-0.25, -0.2) is 0 Å². The summed E-state index contributed by atoms with van der Waals surface area (Å²) in [6.07, 6.45) is 9.82. The number of aliphatic hydroxyl groups excluding tert-OH is 1. The maximum Gasteiger partial charge on any atom is 0.233 e. The van der Waals surface area contributed by atoms with Gasteiger partial charge in [-0.2, -0.15) is 0 Å². The van der Waals surface area contributed by atoms with Crippen molar-refractivity contribution < 1.29 is 19.4 Å². The maximum absolute atomic E-state index is 12.1. The Balaban J connectivity index is 0.00000625. The summed E-state index contributed by atoms with van der Waals surface area (Å²) in [6, 6.07) is 0. The summed E-state index contributed by atoms with van der Waals surface area (Å²) in [5.41, 5.74) is 0. The number of nitrogens with zero attached hydrogens (tertiary/aromatic N) is 1. The molecule has 0 bridgehead atoms. The van der Waals surface area contributed by atoms with Crippen molar-refractivity contribution in [3.63, 3.8) is 0 Å². The third kappa shape index (κ3) is 12.4. The monoisotopic (exact) mass is 416 g/mol. The van der Waals surface area contributed by atoms with E-state index in [1.165, 1.54) is 6.66 Å². The molecule has 2 N–H and O–H groups in total. The molecule has 5 nitrogen and oxygen atoms in total. The first kappa shape index (κ1) is 27.0. The number of unbranched alkanes of at least 4 members (excludes halogenated alkanes) is 5. The summed E-state index contributed by atoms with van der Waals surface area (Å²) in [5, 5.41) is 10.3. The Morgan fingerprint density at radius 2 is 1.88 bits per heavy atom. The van der Waals surface area contributed by atoms with Gasteiger partial charge in [0.15, 0.2) is 7.37 Å². The van der Waals surface area contributed by atoms with Gasteiger partial charge in [-0.3, -0.25) is 9.36 Å². The first-order chi connectivity index (χ1) is 11.8. The summed E-state index contributed by atoms with van der Waals surface area (Å²) in [7, 11) is -2.86. The zero-order valence-corrected chi connectivity index (χ0v) is 20.6. The average Bonchev–Trinajstić information content (AvgIpc) is 2.88. The van der Waals surface area contributed by atoms with Crippen molar-refractivity contribution in [1.82, 2.24) is 4.90 Å². The maximum atomic E-state index is 12.1. The topological polar surface area (TPSA) is 77.8 Å². The van der Waals surface area contributed by atoms with E-state index in [4.69, 9.17) is 0 Å². The van der Waals surface area contributed by atoms with E-state index in [1.54, 1.807) is 11.8 Å². The van der Waals surface area contributed by atoms with E-state index in [0.29, 0.717) is 24.9 Å². The van der Waals surface area contributed by atoms with Crippen molar-refractivity contribution >= 4 is 54.6 Å². The van der Waals surface area contributed by atoms with Crippen LogP contribution in [0.5, 0.6) is 0 Å². The number of carbonyl (C=O) groups excluding carboxylic acids is 1. The van der Waals surface area contributed by atoms with Crippen LogP contribution in [-0.4, -0.2) is 87.0 Å². The second kappa shape index (κ2) is 14.9. The minimum atomic E-state index is -2.86. The van der Waals surface area contributed by atoms with Gasteiger partial charge >= 0.3 is 0 Å². The van der Waals surface area contributed by atoms with Gasteiger partial charge in [0.05, 0.1) is 17.2 Å². The molecule has 8 heteroatoms. The van der Waals surface area contributed by atoms with Crippen LogP contribution < -0.4 is 0 Å². The average molecular weight is 417 g/mol. The second-order valence-electron chi connectivity index (χ2n) is 7.27. The third-order valence-corrected chi connectivity index (χ3v) is 7.12. The fourth-order valence-electron chi connectivity index (χ4n) is 3.15. The largest absolute Gasteiger partial charge is 0.393 e. The molecular formula is C18H36NNaO4PS. The minimum absolute atomic E-state index is 0. The number of thioether (sulfide) groups is 1.